The minimum Gasteiger partial charge on any atom is -0.357 e. The molecule has 0 saturated heterocycles. The first-order valence-electron chi connectivity index (χ1n) is 5.36. The second-order valence-electron chi connectivity index (χ2n) is 3.64. The van der Waals surface area contributed by atoms with Crippen LogP contribution in [-0.4, -0.2) is 40.2 Å². The summed E-state index contributed by atoms with van der Waals surface area (Å²) in [6.45, 7) is 3.09. The fourth-order valence-corrected chi connectivity index (χ4v) is 1.69. The number of anilines is 2. The molecule has 2 heterocycles. The summed E-state index contributed by atoms with van der Waals surface area (Å²) in [4.78, 5) is 6.43. The molecule has 0 aliphatic heterocycles. The lowest BCUT2D eigenvalue weighted by atomic mass is 10.4. The van der Waals surface area contributed by atoms with Crippen LogP contribution in [-0.2, 0) is 0 Å². The van der Waals surface area contributed by atoms with Crippen LogP contribution in [0.15, 0.2) is 12.4 Å². The molecule has 0 amide bonds. The minimum absolute atomic E-state index is 0.726. The first-order valence-corrected chi connectivity index (χ1v) is 5.36. The van der Waals surface area contributed by atoms with E-state index in [1.54, 1.807) is 6.20 Å². The van der Waals surface area contributed by atoms with Gasteiger partial charge >= 0.3 is 0 Å². The summed E-state index contributed by atoms with van der Waals surface area (Å²) in [5.41, 5.74) is 0.780. The van der Waals surface area contributed by atoms with E-state index in [0.29, 0.717) is 0 Å². The van der Waals surface area contributed by atoms with Crippen LogP contribution in [0.2, 0.25) is 0 Å². The minimum atomic E-state index is 0.726. The van der Waals surface area contributed by atoms with Crippen LogP contribution in [0.5, 0.6) is 0 Å². The van der Waals surface area contributed by atoms with Crippen LogP contribution in [0.1, 0.15) is 13.3 Å². The van der Waals surface area contributed by atoms with Crippen molar-refractivity contribution < 1.29 is 0 Å². The molecule has 0 fully saturated rings. The third kappa shape index (κ3) is 1.66. The second kappa shape index (κ2) is 4.34. The molecular formula is C10H16N6. The Hall–Kier alpha value is -1.85. The van der Waals surface area contributed by atoms with Crippen LogP contribution in [0, 0.1) is 0 Å². The van der Waals surface area contributed by atoms with Crippen molar-refractivity contribution in [2.75, 3.05) is 30.9 Å². The zero-order valence-electron chi connectivity index (χ0n) is 9.80. The van der Waals surface area contributed by atoms with Crippen LogP contribution in [0.3, 0.4) is 0 Å². The molecule has 0 unspecified atom stereocenters. The van der Waals surface area contributed by atoms with Gasteiger partial charge in [0.25, 0.3) is 0 Å². The number of aromatic nitrogens is 4. The van der Waals surface area contributed by atoms with Crippen LogP contribution >= 0.6 is 0 Å². The molecule has 0 bridgehead atoms. The van der Waals surface area contributed by atoms with Gasteiger partial charge in [-0.15, -0.1) is 10.2 Å². The van der Waals surface area contributed by atoms with E-state index in [0.717, 1.165) is 30.4 Å². The lowest BCUT2D eigenvalue weighted by molar-refractivity contribution is 0.835. The van der Waals surface area contributed by atoms with E-state index in [9.17, 15) is 0 Å². The van der Waals surface area contributed by atoms with Crippen LogP contribution in [0.4, 0.5) is 11.8 Å². The number of hydrogen-bond donors (Lipinski definition) is 1. The van der Waals surface area contributed by atoms with Gasteiger partial charge in [0.2, 0.25) is 11.6 Å². The van der Waals surface area contributed by atoms with Crippen molar-refractivity contribution in [3.05, 3.63) is 12.4 Å². The maximum absolute atomic E-state index is 4.35. The highest BCUT2D eigenvalue weighted by atomic mass is 15.3. The lowest BCUT2D eigenvalue weighted by Crippen LogP contribution is -2.20. The quantitative estimate of drug-likeness (QED) is 0.833. The maximum atomic E-state index is 4.35. The molecule has 2 aromatic rings. The van der Waals surface area contributed by atoms with Gasteiger partial charge in [-0.3, -0.25) is 4.40 Å². The van der Waals surface area contributed by atoms with Gasteiger partial charge in [0.05, 0.1) is 0 Å². The Morgan fingerprint density at radius 2 is 2.25 bits per heavy atom. The molecular weight excluding hydrogens is 204 g/mol. The van der Waals surface area contributed by atoms with E-state index < -0.39 is 0 Å². The summed E-state index contributed by atoms with van der Waals surface area (Å²) in [5.74, 6) is 1.59. The van der Waals surface area contributed by atoms with E-state index in [1.165, 1.54) is 0 Å². The van der Waals surface area contributed by atoms with Crippen molar-refractivity contribution in [2.24, 2.45) is 0 Å². The van der Waals surface area contributed by atoms with Gasteiger partial charge in [0.1, 0.15) is 0 Å². The van der Waals surface area contributed by atoms with Crippen molar-refractivity contribution in [2.45, 2.75) is 13.3 Å². The first kappa shape index (κ1) is 10.7. The summed E-state index contributed by atoms with van der Waals surface area (Å²) in [6.07, 6.45) is 4.69. The van der Waals surface area contributed by atoms with Crippen molar-refractivity contribution in [3.8, 4) is 0 Å². The molecule has 0 atom stereocenters. The van der Waals surface area contributed by atoms with Gasteiger partial charge in [-0.1, -0.05) is 6.92 Å². The molecule has 2 rings (SSSR count). The van der Waals surface area contributed by atoms with Crippen molar-refractivity contribution in [1.82, 2.24) is 19.6 Å². The molecule has 6 heteroatoms. The predicted octanol–water partition coefficient (Wildman–Crippen LogP) is 1.01. The molecule has 6 nitrogen and oxygen atoms in total. The summed E-state index contributed by atoms with van der Waals surface area (Å²) in [6, 6.07) is 0. The largest absolute Gasteiger partial charge is 0.357 e. The fourth-order valence-electron chi connectivity index (χ4n) is 1.69. The zero-order valence-corrected chi connectivity index (χ0v) is 9.80. The topological polar surface area (TPSA) is 58.4 Å². The lowest BCUT2D eigenvalue weighted by Gasteiger charge is -2.16. The molecule has 1 N–H and O–H groups in total. The van der Waals surface area contributed by atoms with Crippen molar-refractivity contribution in [1.29, 1.82) is 0 Å². The third-order valence-corrected chi connectivity index (χ3v) is 2.45. The van der Waals surface area contributed by atoms with Gasteiger partial charge in [0.15, 0.2) is 5.82 Å². The Balaban J connectivity index is 2.50. The molecule has 86 valence electrons. The molecule has 0 aliphatic rings. The summed E-state index contributed by atoms with van der Waals surface area (Å²) in [5, 5.41) is 11.2. The Morgan fingerprint density at radius 1 is 1.44 bits per heavy atom. The molecule has 0 radical (unpaired) electrons. The predicted molar refractivity (Wildman–Crippen MR) is 63.9 cm³/mol. The standard InChI is InChI=1S/C10H16N6/c1-4-6-15(3)8-9-13-14-10(11-2)16(9)7-5-12-8/h5,7H,4,6H2,1-3H3,(H,11,14). The third-order valence-electron chi connectivity index (χ3n) is 2.45. The van der Waals surface area contributed by atoms with Gasteiger partial charge in [-0.05, 0) is 6.42 Å². The summed E-state index contributed by atoms with van der Waals surface area (Å²) >= 11 is 0. The van der Waals surface area contributed by atoms with Crippen LogP contribution in [0.25, 0.3) is 5.65 Å². The fraction of sp³-hybridized carbons (Fsp3) is 0.500. The molecule has 0 aromatic carbocycles. The Kier molecular flexibility index (Phi) is 2.89. The maximum Gasteiger partial charge on any atom is 0.228 e. The van der Waals surface area contributed by atoms with Crippen molar-refractivity contribution >= 4 is 17.4 Å². The zero-order chi connectivity index (χ0) is 11.5. The van der Waals surface area contributed by atoms with Crippen LogP contribution < -0.4 is 10.2 Å². The highest BCUT2D eigenvalue weighted by molar-refractivity contribution is 5.65. The number of rotatable bonds is 4. The van der Waals surface area contributed by atoms with Gasteiger partial charge in [-0.2, -0.15) is 0 Å². The van der Waals surface area contributed by atoms with Crippen molar-refractivity contribution in [3.63, 3.8) is 0 Å². The molecule has 16 heavy (non-hydrogen) atoms. The Morgan fingerprint density at radius 3 is 2.94 bits per heavy atom. The number of nitrogens with one attached hydrogen (secondary N) is 1. The second-order valence-corrected chi connectivity index (χ2v) is 3.64. The monoisotopic (exact) mass is 220 g/mol. The van der Waals surface area contributed by atoms with E-state index in [2.05, 4.69) is 32.3 Å². The van der Waals surface area contributed by atoms with Gasteiger partial charge in [0, 0.05) is 33.0 Å². The van der Waals surface area contributed by atoms with Gasteiger partial charge < -0.3 is 10.2 Å². The number of nitrogens with zero attached hydrogens (tertiary/aromatic N) is 5. The smallest absolute Gasteiger partial charge is 0.228 e. The number of hydrogen-bond acceptors (Lipinski definition) is 5. The number of fused-ring (bicyclic) bond motifs is 1. The highest BCUT2D eigenvalue weighted by Crippen LogP contribution is 2.17. The normalized spacial score (nSPS) is 10.7. The van der Waals surface area contributed by atoms with E-state index in [1.807, 2.05) is 24.7 Å². The van der Waals surface area contributed by atoms with E-state index >= 15 is 0 Å². The average molecular weight is 220 g/mol. The van der Waals surface area contributed by atoms with E-state index in [-0.39, 0.29) is 0 Å². The SMILES string of the molecule is CCCN(C)c1nccn2c(NC)nnc12. The highest BCUT2D eigenvalue weighted by Gasteiger charge is 2.11. The van der Waals surface area contributed by atoms with E-state index in [4.69, 9.17) is 0 Å². The van der Waals surface area contributed by atoms with Gasteiger partial charge in [-0.25, -0.2) is 4.98 Å². The first-order chi connectivity index (χ1) is 7.77. The summed E-state index contributed by atoms with van der Waals surface area (Å²) < 4.78 is 1.90. The average Bonchev–Trinajstić information content (AvgIpc) is 2.71. The molecule has 2 aromatic heterocycles. The molecule has 0 aliphatic carbocycles. The summed E-state index contributed by atoms with van der Waals surface area (Å²) in [7, 11) is 3.84. The Labute approximate surface area is 94.3 Å². The Bertz CT molecular complexity index is 477. The molecule has 0 spiro atoms. The molecule has 0 saturated carbocycles.